The summed E-state index contributed by atoms with van der Waals surface area (Å²) in [7, 11) is 0. The van der Waals surface area contributed by atoms with E-state index in [1.807, 2.05) is 6.92 Å². The van der Waals surface area contributed by atoms with Crippen molar-refractivity contribution in [2.75, 3.05) is 18.1 Å². The van der Waals surface area contributed by atoms with E-state index in [-0.39, 0.29) is 12.3 Å². The Kier molecular flexibility index (Phi) is 4.30. The number of benzene rings is 1. The van der Waals surface area contributed by atoms with Crippen molar-refractivity contribution in [2.24, 2.45) is 0 Å². The number of Topliss-reactive ketones (excluding diaryl/α,β-unsaturated/α-hetero) is 1. The second kappa shape index (κ2) is 5.99. The Morgan fingerprint density at radius 3 is 2.67 bits per heavy atom. The van der Waals surface area contributed by atoms with Gasteiger partial charge in [0.1, 0.15) is 18.2 Å². The summed E-state index contributed by atoms with van der Waals surface area (Å²) in [6.45, 7) is 1.55. The van der Waals surface area contributed by atoms with Gasteiger partial charge in [-0.15, -0.1) is 0 Å². The van der Waals surface area contributed by atoms with Gasteiger partial charge in [0.25, 0.3) is 11.7 Å². The molecule has 0 saturated heterocycles. The van der Waals surface area contributed by atoms with Gasteiger partial charge in [0.05, 0.1) is 17.9 Å². The number of unbranched alkanes of at least 4 members (excludes halogenated alkanes) is 1. The van der Waals surface area contributed by atoms with Gasteiger partial charge >= 0.3 is 5.97 Å². The van der Waals surface area contributed by atoms with Gasteiger partial charge < -0.3 is 4.74 Å². The van der Waals surface area contributed by atoms with E-state index in [1.165, 1.54) is 0 Å². The number of halogens is 2. The largest absolute Gasteiger partial charge is 0.464 e. The minimum Gasteiger partial charge on any atom is -0.464 e. The zero-order chi connectivity index (χ0) is 15.6. The number of carbonyl (C=O) groups is 3. The fourth-order valence-corrected chi connectivity index (χ4v) is 2.00. The van der Waals surface area contributed by atoms with E-state index in [4.69, 9.17) is 4.74 Å². The lowest BCUT2D eigenvalue weighted by Crippen LogP contribution is -2.35. The van der Waals surface area contributed by atoms with E-state index in [0.29, 0.717) is 12.5 Å². The summed E-state index contributed by atoms with van der Waals surface area (Å²) in [5.74, 6) is -4.95. The van der Waals surface area contributed by atoms with E-state index >= 15 is 0 Å². The number of nitrogens with zero attached hydrogens (tertiary/aromatic N) is 1. The van der Waals surface area contributed by atoms with Gasteiger partial charge in [-0.25, -0.2) is 8.78 Å². The maximum Gasteiger partial charge on any atom is 0.326 e. The molecule has 0 aliphatic carbocycles. The number of hydrogen-bond acceptors (Lipinski definition) is 4. The quantitative estimate of drug-likeness (QED) is 0.472. The SMILES string of the molecule is CCCCOC(=O)CN1C(=O)C(=O)c2c(F)cc(F)cc21. The second-order valence-corrected chi connectivity index (χ2v) is 4.58. The number of esters is 1. The number of amides is 1. The Morgan fingerprint density at radius 2 is 2.00 bits per heavy atom. The second-order valence-electron chi connectivity index (χ2n) is 4.58. The highest BCUT2D eigenvalue weighted by Gasteiger charge is 2.39. The van der Waals surface area contributed by atoms with Crippen molar-refractivity contribution in [3.8, 4) is 0 Å². The van der Waals surface area contributed by atoms with Gasteiger partial charge in [0.2, 0.25) is 0 Å². The van der Waals surface area contributed by atoms with Gasteiger partial charge in [-0.1, -0.05) is 13.3 Å². The molecule has 0 fully saturated rings. The Balaban J connectivity index is 2.21. The first-order chi connectivity index (χ1) is 9.95. The van der Waals surface area contributed by atoms with Crippen molar-refractivity contribution in [3.63, 3.8) is 0 Å². The van der Waals surface area contributed by atoms with Crippen molar-refractivity contribution < 1.29 is 27.9 Å². The maximum absolute atomic E-state index is 13.6. The lowest BCUT2D eigenvalue weighted by atomic mass is 10.1. The Labute approximate surface area is 119 Å². The molecule has 0 spiro atoms. The highest BCUT2D eigenvalue weighted by Crippen LogP contribution is 2.31. The molecule has 0 atom stereocenters. The number of anilines is 1. The summed E-state index contributed by atoms with van der Waals surface area (Å²) in [4.78, 5) is 35.8. The normalized spacial score (nSPS) is 13.6. The molecule has 1 aromatic carbocycles. The van der Waals surface area contributed by atoms with Crippen LogP contribution >= 0.6 is 0 Å². The molecule has 0 aromatic heterocycles. The molecule has 7 heteroatoms. The molecule has 21 heavy (non-hydrogen) atoms. The summed E-state index contributed by atoms with van der Waals surface area (Å²) in [5, 5.41) is 0. The third-order valence-electron chi connectivity index (χ3n) is 3.04. The first-order valence-corrected chi connectivity index (χ1v) is 6.46. The molecule has 1 aromatic rings. The standard InChI is InChI=1S/C14H13F2NO4/c1-2-3-4-21-11(18)7-17-10-6-8(15)5-9(16)12(10)13(19)14(17)20/h5-6H,2-4,7H2,1H3. The summed E-state index contributed by atoms with van der Waals surface area (Å²) in [6, 6.07) is 1.37. The summed E-state index contributed by atoms with van der Waals surface area (Å²) >= 11 is 0. The molecular formula is C14H13F2NO4. The fraction of sp³-hybridized carbons (Fsp3) is 0.357. The Morgan fingerprint density at radius 1 is 1.29 bits per heavy atom. The van der Waals surface area contributed by atoms with Crippen LogP contribution < -0.4 is 4.90 Å². The van der Waals surface area contributed by atoms with Crippen LogP contribution in [-0.4, -0.2) is 30.8 Å². The van der Waals surface area contributed by atoms with Crippen LogP contribution in [0.3, 0.4) is 0 Å². The van der Waals surface area contributed by atoms with Crippen LogP contribution in [0.15, 0.2) is 12.1 Å². The highest BCUT2D eigenvalue weighted by atomic mass is 19.1. The van der Waals surface area contributed by atoms with Crippen LogP contribution in [-0.2, 0) is 14.3 Å². The average molecular weight is 297 g/mol. The number of hydrogen-bond donors (Lipinski definition) is 0. The minimum absolute atomic E-state index is 0.190. The summed E-state index contributed by atoms with van der Waals surface area (Å²) in [6.07, 6.45) is 1.49. The molecule has 0 bridgehead atoms. The van der Waals surface area contributed by atoms with Crippen molar-refractivity contribution >= 4 is 23.3 Å². The predicted molar refractivity (Wildman–Crippen MR) is 68.9 cm³/mol. The summed E-state index contributed by atoms with van der Waals surface area (Å²) in [5.41, 5.74) is -0.752. The molecule has 1 amide bonds. The van der Waals surface area contributed by atoms with Gasteiger partial charge in [-0.2, -0.15) is 0 Å². The van der Waals surface area contributed by atoms with Crippen molar-refractivity contribution in [1.82, 2.24) is 0 Å². The molecular weight excluding hydrogens is 284 g/mol. The molecule has 112 valence electrons. The zero-order valence-electron chi connectivity index (χ0n) is 11.3. The Bertz CT molecular complexity index is 615. The number of rotatable bonds is 5. The van der Waals surface area contributed by atoms with Crippen LogP contribution in [0.25, 0.3) is 0 Å². The minimum atomic E-state index is -1.12. The maximum atomic E-state index is 13.6. The predicted octanol–water partition coefficient (Wildman–Crippen LogP) is 1.84. The molecule has 1 aliphatic heterocycles. The van der Waals surface area contributed by atoms with Crippen LogP contribution in [0.1, 0.15) is 30.1 Å². The van der Waals surface area contributed by atoms with E-state index in [0.717, 1.165) is 17.4 Å². The van der Waals surface area contributed by atoms with E-state index < -0.39 is 41.4 Å². The lowest BCUT2D eigenvalue weighted by Gasteiger charge is -2.15. The summed E-state index contributed by atoms with van der Waals surface area (Å²) < 4.78 is 31.7. The van der Waals surface area contributed by atoms with Gasteiger partial charge in [-0.05, 0) is 12.5 Å². The van der Waals surface area contributed by atoms with E-state index in [1.54, 1.807) is 0 Å². The first-order valence-electron chi connectivity index (χ1n) is 6.46. The molecule has 5 nitrogen and oxygen atoms in total. The van der Waals surface area contributed by atoms with Crippen molar-refractivity contribution in [2.45, 2.75) is 19.8 Å². The smallest absolute Gasteiger partial charge is 0.326 e. The molecule has 1 heterocycles. The van der Waals surface area contributed by atoms with Crippen LogP contribution in [0.5, 0.6) is 0 Å². The monoisotopic (exact) mass is 297 g/mol. The van der Waals surface area contributed by atoms with E-state index in [9.17, 15) is 23.2 Å². The fourth-order valence-electron chi connectivity index (χ4n) is 2.00. The highest BCUT2D eigenvalue weighted by molar-refractivity contribution is 6.52. The van der Waals surface area contributed by atoms with Crippen LogP contribution in [0.2, 0.25) is 0 Å². The molecule has 1 aliphatic rings. The van der Waals surface area contributed by atoms with Crippen molar-refractivity contribution in [1.29, 1.82) is 0 Å². The molecule has 2 rings (SSSR count). The number of carbonyl (C=O) groups excluding carboxylic acids is 3. The first kappa shape index (κ1) is 15.1. The molecule has 0 unspecified atom stereocenters. The molecule has 0 N–H and O–H groups in total. The third kappa shape index (κ3) is 2.91. The van der Waals surface area contributed by atoms with Crippen LogP contribution in [0.4, 0.5) is 14.5 Å². The number of ether oxygens (including phenoxy) is 1. The lowest BCUT2D eigenvalue weighted by molar-refractivity contribution is -0.142. The Hall–Kier alpha value is -2.31. The molecule has 0 radical (unpaired) electrons. The zero-order valence-corrected chi connectivity index (χ0v) is 11.3. The topological polar surface area (TPSA) is 63.7 Å². The number of fused-ring (bicyclic) bond motifs is 1. The number of ketones is 1. The van der Waals surface area contributed by atoms with Gasteiger partial charge in [0.15, 0.2) is 0 Å². The van der Waals surface area contributed by atoms with Gasteiger partial charge in [0, 0.05) is 6.07 Å². The third-order valence-corrected chi connectivity index (χ3v) is 3.04. The van der Waals surface area contributed by atoms with Crippen LogP contribution in [0, 0.1) is 11.6 Å². The molecule has 0 saturated carbocycles. The van der Waals surface area contributed by atoms with Crippen molar-refractivity contribution in [3.05, 3.63) is 29.3 Å². The van der Waals surface area contributed by atoms with E-state index in [2.05, 4.69) is 0 Å². The average Bonchev–Trinajstić information content (AvgIpc) is 2.64. The van der Waals surface area contributed by atoms with Gasteiger partial charge in [-0.3, -0.25) is 19.3 Å².